The molecule has 2 aliphatic heterocycles. The zero-order chi connectivity index (χ0) is 37.7. The first kappa shape index (κ1) is 35.8. The van der Waals surface area contributed by atoms with E-state index in [0.29, 0.717) is 34.0 Å². The van der Waals surface area contributed by atoms with Crippen molar-refractivity contribution in [2.45, 2.75) is 56.7 Å². The van der Waals surface area contributed by atoms with Crippen LogP contribution in [0.25, 0.3) is 0 Å². The summed E-state index contributed by atoms with van der Waals surface area (Å²) in [6.45, 7) is 5.31. The van der Waals surface area contributed by atoms with Crippen LogP contribution in [-0.4, -0.2) is 56.3 Å². The molecule has 7 rings (SSSR count). The van der Waals surface area contributed by atoms with Crippen LogP contribution >= 0.6 is 23.2 Å². The van der Waals surface area contributed by atoms with Gasteiger partial charge >= 0.3 is 6.18 Å². The predicted molar refractivity (Wildman–Crippen MR) is 183 cm³/mol. The molecule has 1 aromatic heterocycles. The number of hydrogen-bond donors (Lipinski definition) is 2. The molecule has 2 aliphatic carbocycles. The lowest BCUT2D eigenvalue weighted by Crippen LogP contribution is -2.53. The Balaban J connectivity index is 1.44. The first-order chi connectivity index (χ1) is 24.4. The number of phenols is 1. The number of halogens is 5. The number of carbonyl (C=O) groups excluding carboxylic acids is 4. The van der Waals surface area contributed by atoms with Gasteiger partial charge in [0.05, 0.1) is 40.9 Å². The Morgan fingerprint density at radius 2 is 1.65 bits per heavy atom. The molecule has 2 aromatic carbocycles. The van der Waals surface area contributed by atoms with Gasteiger partial charge in [0.1, 0.15) is 0 Å². The van der Waals surface area contributed by atoms with Crippen LogP contribution in [0, 0.1) is 23.7 Å². The molecule has 0 radical (unpaired) electrons. The highest BCUT2D eigenvalue weighted by Gasteiger charge is 2.70. The number of benzene rings is 2. The van der Waals surface area contributed by atoms with Crippen LogP contribution in [0.3, 0.4) is 0 Å². The second-order valence-corrected chi connectivity index (χ2v) is 15.4. The van der Waals surface area contributed by atoms with Crippen LogP contribution in [0.5, 0.6) is 11.5 Å². The molecule has 10 nitrogen and oxygen atoms in total. The van der Waals surface area contributed by atoms with E-state index in [1.807, 2.05) is 6.08 Å². The standard InChI is InChI=1S/C37H33Cl2F3N4O6/c1-35(2,3)45-31(48)22-11-10-21-23(28(22)33(45)50)15-24-32(49)46(44-30-25(39)14-19(16-43-30)37(40,41)42)34(51)36(24,18-6-8-20(38)9-7-18)29(21)17-5-12-27(52-4)26(47)13-17/h5-10,12-14,16,22-24,28-29,47H,11,15H2,1-4H3,(H,43,44)/t22-,23+,24-,28-,29-,36+/m0/s1. The zero-order valence-electron chi connectivity index (χ0n) is 28.3. The van der Waals surface area contributed by atoms with Crippen LogP contribution < -0.4 is 10.2 Å². The Bertz CT molecular complexity index is 2070. The number of nitrogens with one attached hydrogen (secondary N) is 1. The van der Waals surface area contributed by atoms with Gasteiger partial charge in [0, 0.05) is 22.7 Å². The van der Waals surface area contributed by atoms with Crippen molar-refractivity contribution >= 4 is 52.6 Å². The number of hydrazine groups is 1. The van der Waals surface area contributed by atoms with Gasteiger partial charge in [-0.05, 0) is 81.0 Å². The number of carbonyl (C=O) groups is 4. The van der Waals surface area contributed by atoms with Crippen LogP contribution in [0.4, 0.5) is 19.0 Å². The summed E-state index contributed by atoms with van der Waals surface area (Å²) in [6.07, 6.45) is -2.17. The largest absolute Gasteiger partial charge is 0.504 e. The monoisotopic (exact) mass is 756 g/mol. The molecule has 2 N–H and O–H groups in total. The average Bonchev–Trinajstić information content (AvgIpc) is 3.46. The zero-order valence-corrected chi connectivity index (χ0v) is 29.8. The fourth-order valence-electron chi connectivity index (χ4n) is 8.71. The summed E-state index contributed by atoms with van der Waals surface area (Å²) in [5.41, 5.74) is 0.375. The first-order valence-electron chi connectivity index (χ1n) is 16.5. The van der Waals surface area contributed by atoms with Gasteiger partial charge in [0.2, 0.25) is 11.8 Å². The van der Waals surface area contributed by atoms with Crippen LogP contribution in [-0.2, 0) is 30.8 Å². The van der Waals surface area contributed by atoms with Crippen molar-refractivity contribution in [3.8, 4) is 11.5 Å². The normalized spacial score (nSPS) is 27.3. The Morgan fingerprint density at radius 1 is 0.962 bits per heavy atom. The third kappa shape index (κ3) is 5.26. The highest BCUT2D eigenvalue weighted by Crippen LogP contribution is 2.64. The van der Waals surface area contributed by atoms with Gasteiger partial charge in [-0.15, -0.1) is 0 Å². The molecule has 3 aromatic rings. The second-order valence-electron chi connectivity index (χ2n) is 14.5. The van der Waals surface area contributed by atoms with Gasteiger partial charge in [-0.3, -0.25) is 29.5 Å². The topological polar surface area (TPSA) is 129 Å². The van der Waals surface area contributed by atoms with Gasteiger partial charge < -0.3 is 9.84 Å². The molecule has 1 saturated carbocycles. The minimum atomic E-state index is -4.75. The molecule has 4 amide bonds. The number of alkyl halides is 3. The molecular weight excluding hydrogens is 724 g/mol. The fourth-order valence-corrected chi connectivity index (χ4v) is 9.04. The summed E-state index contributed by atoms with van der Waals surface area (Å²) in [4.78, 5) is 63.0. The van der Waals surface area contributed by atoms with E-state index in [2.05, 4.69) is 10.4 Å². The number of methoxy groups -OCH3 is 1. The van der Waals surface area contributed by atoms with Gasteiger partial charge in [-0.25, -0.2) is 4.98 Å². The van der Waals surface area contributed by atoms with E-state index in [1.165, 1.54) is 24.1 Å². The molecule has 0 unspecified atom stereocenters. The number of aromatic hydroxyl groups is 1. The van der Waals surface area contributed by atoms with Crippen molar-refractivity contribution in [3.63, 3.8) is 0 Å². The van der Waals surface area contributed by atoms with E-state index in [1.54, 1.807) is 51.1 Å². The number of pyridine rings is 1. The number of amides is 4. The number of phenolic OH excluding ortho intramolecular Hbond substituents is 1. The Kier molecular flexibility index (Phi) is 8.41. The molecule has 6 atom stereocenters. The maximum absolute atomic E-state index is 15.2. The minimum Gasteiger partial charge on any atom is -0.504 e. The quantitative estimate of drug-likeness (QED) is 0.213. The Morgan fingerprint density at radius 3 is 2.25 bits per heavy atom. The van der Waals surface area contributed by atoms with Gasteiger partial charge in [-0.1, -0.05) is 53.1 Å². The van der Waals surface area contributed by atoms with Gasteiger partial charge in [0.15, 0.2) is 17.3 Å². The summed E-state index contributed by atoms with van der Waals surface area (Å²) in [6, 6.07) is 11.7. The first-order valence-corrected chi connectivity index (χ1v) is 17.2. The molecule has 4 aliphatic rings. The van der Waals surface area contributed by atoms with Crippen LogP contribution in [0.2, 0.25) is 10.0 Å². The summed E-state index contributed by atoms with van der Waals surface area (Å²) in [7, 11) is 1.38. The van der Waals surface area contributed by atoms with E-state index in [0.717, 1.165) is 5.01 Å². The van der Waals surface area contributed by atoms with Crippen molar-refractivity contribution < 1.29 is 42.2 Å². The maximum Gasteiger partial charge on any atom is 0.417 e. The van der Waals surface area contributed by atoms with E-state index < -0.39 is 69.1 Å². The van der Waals surface area contributed by atoms with E-state index in [-0.39, 0.29) is 42.0 Å². The predicted octanol–water partition coefficient (Wildman–Crippen LogP) is 6.90. The van der Waals surface area contributed by atoms with Crippen molar-refractivity contribution in [2.75, 3.05) is 12.5 Å². The van der Waals surface area contributed by atoms with E-state index in [9.17, 15) is 32.7 Å². The number of fused-ring (bicyclic) bond motifs is 4. The Hall–Kier alpha value is -4.62. The van der Waals surface area contributed by atoms with Gasteiger partial charge in [0.25, 0.3) is 11.8 Å². The summed E-state index contributed by atoms with van der Waals surface area (Å²) in [5.74, 6) is -7.01. The lowest BCUT2D eigenvalue weighted by molar-refractivity contribution is -0.146. The number of hydrogen-bond acceptors (Lipinski definition) is 8. The second kappa shape index (κ2) is 12.2. The third-order valence-electron chi connectivity index (χ3n) is 10.8. The number of allylic oxidation sites excluding steroid dienone is 2. The van der Waals surface area contributed by atoms with E-state index in [4.69, 9.17) is 27.9 Å². The average molecular weight is 758 g/mol. The molecule has 52 heavy (non-hydrogen) atoms. The molecular formula is C37H33Cl2F3N4O6. The molecule has 272 valence electrons. The number of aromatic nitrogens is 1. The fraction of sp³-hybridized carbons (Fsp3) is 0.378. The molecule has 2 saturated heterocycles. The summed E-state index contributed by atoms with van der Waals surface area (Å²) < 4.78 is 45.6. The van der Waals surface area contributed by atoms with Crippen molar-refractivity contribution in [2.24, 2.45) is 23.7 Å². The number of imide groups is 2. The summed E-state index contributed by atoms with van der Waals surface area (Å²) >= 11 is 12.5. The number of anilines is 1. The lowest BCUT2D eigenvalue weighted by Gasteiger charge is -2.50. The van der Waals surface area contributed by atoms with Crippen molar-refractivity contribution in [1.29, 1.82) is 0 Å². The Labute approximate surface area is 306 Å². The molecule has 3 fully saturated rings. The molecule has 0 spiro atoms. The van der Waals surface area contributed by atoms with Crippen LogP contribution in [0.15, 0.2) is 66.4 Å². The number of likely N-dealkylation sites (tertiary alicyclic amines) is 1. The lowest BCUT2D eigenvalue weighted by atomic mass is 9.49. The smallest absolute Gasteiger partial charge is 0.417 e. The van der Waals surface area contributed by atoms with E-state index >= 15 is 4.79 Å². The number of nitrogens with zero attached hydrogens (tertiary/aromatic N) is 3. The highest BCUT2D eigenvalue weighted by molar-refractivity contribution is 6.33. The van der Waals surface area contributed by atoms with Crippen molar-refractivity contribution in [3.05, 3.63) is 93.1 Å². The van der Waals surface area contributed by atoms with Gasteiger partial charge in [-0.2, -0.15) is 18.2 Å². The number of rotatable bonds is 5. The van der Waals surface area contributed by atoms with Crippen molar-refractivity contribution in [1.82, 2.24) is 14.9 Å². The molecule has 3 heterocycles. The molecule has 15 heteroatoms. The SMILES string of the molecule is COc1ccc([C@H]2C3=CC[C@@H]4C(=O)N(C(C)(C)C)C(=O)[C@@H]4[C@@H]3C[C@H]3C(=O)N(Nc4ncc(C(F)(F)F)cc4Cl)C(=O)[C@@]23c2ccc(Cl)cc2)cc1O. The highest BCUT2D eigenvalue weighted by atomic mass is 35.5. The third-order valence-corrected chi connectivity index (χ3v) is 11.3. The molecule has 0 bridgehead atoms. The minimum absolute atomic E-state index is 0.0256. The number of ether oxygens (including phenoxy) is 1. The maximum atomic E-state index is 15.2. The summed E-state index contributed by atoms with van der Waals surface area (Å²) in [5, 5.41) is 11.6. The van der Waals surface area contributed by atoms with Crippen LogP contribution in [0.1, 0.15) is 56.2 Å².